The molecule has 11 heteroatoms. The van der Waals surface area contributed by atoms with E-state index in [1.54, 1.807) is 18.5 Å². The average Bonchev–Trinajstić information content (AvgIpc) is 3.38. The van der Waals surface area contributed by atoms with Gasteiger partial charge >= 0.3 is 0 Å². The van der Waals surface area contributed by atoms with Crippen molar-refractivity contribution >= 4 is 43.4 Å². The number of H-pyrrole nitrogens is 1. The van der Waals surface area contributed by atoms with Gasteiger partial charge in [0.05, 0.1) is 21.7 Å². The standard InChI is InChI=1S/C29H17F3N4O3S/c30-19-4-1-5-20(13-19)40(38,39)36-24-9-8-23(31)26(27(24)32)28(37)22-15-35-29-21(22)11-18(14-34-29)17-7-6-16-3-2-10-33-25(16)12-17/h1-15,36H,(H,34,35). The zero-order chi connectivity index (χ0) is 28.0. The largest absolute Gasteiger partial charge is 0.345 e. The Morgan fingerprint density at radius 1 is 0.875 bits per heavy atom. The Bertz CT molecular complexity index is 2080. The number of fused-ring (bicyclic) bond motifs is 2. The molecular formula is C29H17F3N4O3S. The second-order valence-corrected chi connectivity index (χ2v) is 10.6. The third-order valence-electron chi connectivity index (χ3n) is 6.38. The van der Waals surface area contributed by atoms with Crippen LogP contribution < -0.4 is 4.72 Å². The lowest BCUT2D eigenvalue weighted by molar-refractivity contribution is 0.103. The third kappa shape index (κ3) is 4.46. The zero-order valence-corrected chi connectivity index (χ0v) is 21.1. The van der Waals surface area contributed by atoms with Crippen LogP contribution in [-0.4, -0.2) is 29.2 Å². The maximum absolute atomic E-state index is 15.5. The van der Waals surface area contributed by atoms with Crippen molar-refractivity contribution in [3.63, 3.8) is 0 Å². The molecule has 0 amide bonds. The summed E-state index contributed by atoms with van der Waals surface area (Å²) in [5, 5.41) is 1.25. The van der Waals surface area contributed by atoms with E-state index in [1.165, 1.54) is 12.3 Å². The van der Waals surface area contributed by atoms with Crippen LogP contribution in [0.5, 0.6) is 0 Å². The summed E-state index contributed by atoms with van der Waals surface area (Å²) in [6.07, 6.45) is 4.56. The van der Waals surface area contributed by atoms with Crippen molar-refractivity contribution < 1.29 is 26.4 Å². The highest BCUT2D eigenvalue weighted by Gasteiger charge is 2.26. The van der Waals surface area contributed by atoms with Gasteiger partial charge in [-0.2, -0.15) is 0 Å². The van der Waals surface area contributed by atoms with Crippen LogP contribution in [0.4, 0.5) is 18.9 Å². The Balaban J connectivity index is 1.39. The van der Waals surface area contributed by atoms with Crippen LogP contribution in [-0.2, 0) is 10.0 Å². The highest BCUT2D eigenvalue weighted by atomic mass is 32.2. The van der Waals surface area contributed by atoms with E-state index in [0.717, 1.165) is 46.8 Å². The Labute approximate surface area is 225 Å². The molecule has 7 nitrogen and oxygen atoms in total. The molecule has 3 aromatic heterocycles. The topological polar surface area (TPSA) is 105 Å². The van der Waals surface area contributed by atoms with Crippen molar-refractivity contribution in [2.75, 3.05) is 4.72 Å². The van der Waals surface area contributed by atoms with Crippen LogP contribution in [0.25, 0.3) is 33.1 Å². The minimum atomic E-state index is -4.44. The number of hydrogen-bond acceptors (Lipinski definition) is 5. The molecule has 6 aromatic rings. The number of aromatic nitrogens is 3. The smallest absolute Gasteiger partial charge is 0.262 e. The van der Waals surface area contributed by atoms with Crippen molar-refractivity contribution in [2.45, 2.75) is 4.90 Å². The minimum Gasteiger partial charge on any atom is -0.345 e. The van der Waals surface area contributed by atoms with Crippen LogP contribution in [0.15, 0.2) is 96.3 Å². The highest BCUT2D eigenvalue weighted by molar-refractivity contribution is 7.92. The van der Waals surface area contributed by atoms with Crippen molar-refractivity contribution in [2.24, 2.45) is 0 Å². The number of pyridine rings is 2. The quantitative estimate of drug-likeness (QED) is 0.236. The number of sulfonamides is 1. The van der Waals surface area contributed by atoms with Gasteiger partial charge in [-0.25, -0.2) is 26.6 Å². The number of nitrogens with zero attached hydrogens (tertiary/aromatic N) is 2. The van der Waals surface area contributed by atoms with Gasteiger partial charge in [0, 0.05) is 40.5 Å². The Hall–Kier alpha value is -5.03. The SMILES string of the molecule is O=C(c1c(F)ccc(NS(=O)(=O)c2cccc(F)c2)c1F)c1c[nH]c2ncc(-c3ccc4cccnc4c3)cc12. The first-order valence-electron chi connectivity index (χ1n) is 11.8. The van der Waals surface area contributed by atoms with E-state index in [-0.39, 0.29) is 5.56 Å². The number of halogens is 3. The monoisotopic (exact) mass is 558 g/mol. The molecule has 0 aliphatic rings. The second-order valence-electron chi connectivity index (χ2n) is 8.91. The summed E-state index contributed by atoms with van der Waals surface area (Å²) in [7, 11) is -4.44. The number of rotatable bonds is 6. The number of anilines is 1. The summed E-state index contributed by atoms with van der Waals surface area (Å²) in [6.45, 7) is 0. The average molecular weight is 559 g/mol. The molecule has 3 heterocycles. The van der Waals surface area contributed by atoms with Gasteiger partial charge in [-0.1, -0.05) is 24.3 Å². The Kier molecular flexibility index (Phi) is 6.07. The lowest BCUT2D eigenvalue weighted by Gasteiger charge is -2.12. The summed E-state index contributed by atoms with van der Waals surface area (Å²) < 4.78 is 71.3. The molecule has 0 aliphatic heterocycles. The molecule has 3 aromatic carbocycles. The first-order valence-corrected chi connectivity index (χ1v) is 13.3. The lowest BCUT2D eigenvalue weighted by Crippen LogP contribution is -2.16. The van der Waals surface area contributed by atoms with E-state index in [0.29, 0.717) is 16.6 Å². The fraction of sp³-hybridized carbons (Fsp3) is 0. The predicted molar refractivity (Wildman–Crippen MR) is 144 cm³/mol. The second kappa shape index (κ2) is 9.62. The van der Waals surface area contributed by atoms with Crippen molar-refractivity contribution in [1.82, 2.24) is 15.0 Å². The number of carbonyl (C=O) groups is 1. The Morgan fingerprint density at radius 2 is 1.73 bits per heavy atom. The van der Waals surface area contributed by atoms with Gasteiger partial charge < -0.3 is 4.98 Å². The molecule has 0 saturated heterocycles. The summed E-state index contributed by atoms with van der Waals surface area (Å²) in [6, 6.07) is 16.8. The summed E-state index contributed by atoms with van der Waals surface area (Å²) in [5.41, 5.74) is 0.794. The van der Waals surface area contributed by atoms with Gasteiger partial charge in [-0.05, 0) is 54.1 Å². The van der Waals surface area contributed by atoms with Gasteiger partial charge in [-0.3, -0.25) is 14.5 Å². The number of aromatic amines is 1. The van der Waals surface area contributed by atoms with E-state index in [4.69, 9.17) is 0 Å². The van der Waals surface area contributed by atoms with Crippen LogP contribution in [0, 0.1) is 17.5 Å². The molecule has 0 spiro atoms. The fourth-order valence-electron chi connectivity index (χ4n) is 4.41. The molecule has 40 heavy (non-hydrogen) atoms. The number of nitrogens with one attached hydrogen (secondary N) is 2. The molecular weight excluding hydrogens is 541 g/mol. The predicted octanol–water partition coefficient (Wildman–Crippen LogP) is 6.23. The summed E-state index contributed by atoms with van der Waals surface area (Å²) in [4.78, 5) is 24.5. The van der Waals surface area contributed by atoms with Crippen LogP contribution >= 0.6 is 0 Å². The number of carbonyl (C=O) groups excluding carboxylic acids is 1. The maximum Gasteiger partial charge on any atom is 0.262 e. The van der Waals surface area contributed by atoms with Gasteiger partial charge in [0.25, 0.3) is 10.0 Å². The van der Waals surface area contributed by atoms with Gasteiger partial charge in [-0.15, -0.1) is 0 Å². The molecule has 2 N–H and O–H groups in total. The molecule has 0 fully saturated rings. The summed E-state index contributed by atoms with van der Waals surface area (Å²) >= 11 is 0. The van der Waals surface area contributed by atoms with Crippen LogP contribution in [0.2, 0.25) is 0 Å². The third-order valence-corrected chi connectivity index (χ3v) is 7.75. The highest BCUT2D eigenvalue weighted by Crippen LogP contribution is 2.31. The lowest BCUT2D eigenvalue weighted by atomic mass is 9.99. The van der Waals surface area contributed by atoms with Crippen LogP contribution in [0.1, 0.15) is 15.9 Å². The molecule has 0 bridgehead atoms. The molecule has 198 valence electrons. The molecule has 0 atom stereocenters. The van der Waals surface area contributed by atoms with E-state index < -0.39 is 49.4 Å². The number of hydrogen-bond donors (Lipinski definition) is 2. The van der Waals surface area contributed by atoms with Crippen molar-refractivity contribution in [3.8, 4) is 11.1 Å². The summed E-state index contributed by atoms with van der Waals surface area (Å²) in [5.74, 6) is -4.43. The molecule has 0 radical (unpaired) electrons. The molecule has 0 unspecified atom stereocenters. The zero-order valence-electron chi connectivity index (χ0n) is 20.3. The minimum absolute atomic E-state index is 0.0637. The van der Waals surface area contributed by atoms with Gasteiger partial charge in [0.1, 0.15) is 17.3 Å². The first-order chi connectivity index (χ1) is 19.2. The number of ketones is 1. The van der Waals surface area contributed by atoms with E-state index in [2.05, 4.69) is 15.0 Å². The fourth-order valence-corrected chi connectivity index (χ4v) is 5.50. The Morgan fingerprint density at radius 3 is 2.55 bits per heavy atom. The van der Waals surface area contributed by atoms with E-state index in [1.807, 2.05) is 35.1 Å². The van der Waals surface area contributed by atoms with Crippen molar-refractivity contribution in [1.29, 1.82) is 0 Å². The van der Waals surface area contributed by atoms with E-state index >= 15 is 4.39 Å². The van der Waals surface area contributed by atoms with Crippen LogP contribution in [0.3, 0.4) is 0 Å². The first kappa shape index (κ1) is 25.3. The molecule has 0 aliphatic carbocycles. The number of benzene rings is 3. The van der Waals surface area contributed by atoms with Gasteiger partial charge in [0.15, 0.2) is 5.82 Å². The molecule has 0 saturated carbocycles. The van der Waals surface area contributed by atoms with Crippen molar-refractivity contribution in [3.05, 3.63) is 120 Å². The maximum atomic E-state index is 15.5. The normalized spacial score (nSPS) is 11.7. The van der Waals surface area contributed by atoms with Gasteiger partial charge in [0.2, 0.25) is 5.78 Å². The van der Waals surface area contributed by atoms with E-state index in [9.17, 15) is 22.0 Å². The molecule has 6 rings (SSSR count).